The molecule has 1 saturated heterocycles. The van der Waals surface area contributed by atoms with Crippen LogP contribution < -0.4 is 15.8 Å². The molecule has 1 aliphatic heterocycles. The third-order valence-electron chi connectivity index (χ3n) is 5.67. The number of H-pyrrole nitrogens is 1. The normalized spacial score (nSPS) is 17.1. The van der Waals surface area contributed by atoms with E-state index in [9.17, 15) is 9.59 Å². The molecule has 0 radical (unpaired) electrons. The van der Waals surface area contributed by atoms with Crippen molar-refractivity contribution in [2.75, 3.05) is 18.5 Å². The van der Waals surface area contributed by atoms with Gasteiger partial charge in [-0.3, -0.25) is 14.3 Å². The second-order valence-electron chi connectivity index (χ2n) is 8.63. The van der Waals surface area contributed by atoms with E-state index < -0.39 is 11.5 Å². The Morgan fingerprint density at radius 3 is 2.86 bits per heavy atom. The second-order valence-corrected chi connectivity index (χ2v) is 9.07. The molecule has 0 saturated carbocycles. The predicted octanol–water partition coefficient (Wildman–Crippen LogP) is 3.96. The lowest BCUT2D eigenvalue weighted by Crippen LogP contribution is -2.25. The molecular formula is C24H23ClN4O6. The lowest BCUT2D eigenvalue weighted by atomic mass is 10.1. The number of benzene rings is 2. The highest BCUT2D eigenvalue weighted by Gasteiger charge is 2.33. The Bertz CT molecular complexity index is 1470. The van der Waals surface area contributed by atoms with Crippen LogP contribution in [-0.4, -0.2) is 45.7 Å². The first-order chi connectivity index (χ1) is 16.7. The van der Waals surface area contributed by atoms with E-state index in [0.717, 1.165) is 10.9 Å². The van der Waals surface area contributed by atoms with Crippen molar-refractivity contribution >= 4 is 34.1 Å². The first kappa shape index (κ1) is 23.2. The van der Waals surface area contributed by atoms with Gasteiger partial charge in [0.1, 0.15) is 24.2 Å². The van der Waals surface area contributed by atoms with Crippen molar-refractivity contribution in [3.8, 4) is 17.1 Å². The zero-order chi connectivity index (χ0) is 24.7. The number of fused-ring (bicyclic) bond motifs is 1. The molecule has 2 aromatic heterocycles. The van der Waals surface area contributed by atoms with Gasteiger partial charge in [-0.25, -0.2) is 4.79 Å². The van der Waals surface area contributed by atoms with Crippen molar-refractivity contribution in [3.63, 3.8) is 0 Å². The molecule has 2 aromatic carbocycles. The van der Waals surface area contributed by atoms with E-state index in [1.54, 1.807) is 35.9 Å². The third-order valence-corrected chi connectivity index (χ3v) is 5.90. The van der Waals surface area contributed by atoms with Gasteiger partial charge in [0.05, 0.1) is 17.8 Å². The number of ether oxygens (including phenoxy) is 3. The molecule has 1 amide bonds. The van der Waals surface area contributed by atoms with E-state index >= 15 is 0 Å². The number of rotatable bonds is 6. The molecule has 2 N–H and O–H groups in total. The molecule has 1 aliphatic rings. The molecule has 11 heteroatoms. The van der Waals surface area contributed by atoms with E-state index in [1.165, 1.54) is 0 Å². The van der Waals surface area contributed by atoms with E-state index in [0.29, 0.717) is 40.9 Å². The molecule has 10 nitrogen and oxygen atoms in total. The summed E-state index contributed by atoms with van der Waals surface area (Å²) in [6.45, 7) is 4.49. The van der Waals surface area contributed by atoms with Crippen molar-refractivity contribution in [2.24, 2.45) is 7.05 Å². The average Bonchev–Trinajstić information content (AvgIpc) is 3.50. The number of aryl methyl sites for hydroxylation is 1. The van der Waals surface area contributed by atoms with Crippen molar-refractivity contribution in [1.29, 1.82) is 0 Å². The van der Waals surface area contributed by atoms with Gasteiger partial charge in [0, 0.05) is 23.0 Å². The number of aromatic amines is 1. The monoisotopic (exact) mass is 498 g/mol. The molecule has 3 heterocycles. The number of hydrogen-bond donors (Lipinski definition) is 2. The van der Waals surface area contributed by atoms with Crippen LogP contribution in [0.1, 0.15) is 24.3 Å². The molecule has 35 heavy (non-hydrogen) atoms. The Labute approximate surface area is 204 Å². The highest BCUT2D eigenvalue weighted by Crippen LogP contribution is 2.32. The fraction of sp³-hybridized carbons (Fsp3) is 0.292. The fourth-order valence-electron chi connectivity index (χ4n) is 4.10. The number of anilines is 1. The molecule has 0 spiro atoms. The molecule has 5 rings (SSSR count). The summed E-state index contributed by atoms with van der Waals surface area (Å²) in [6.07, 6.45) is -0.186. The molecule has 4 aromatic rings. The quantitative estimate of drug-likeness (QED) is 0.412. The standard InChI is InChI=1S/C24H23ClN4O6/c1-24(2)33-12-15(34-24)11-32-19-6-4-5-13-9-18(29(3)20(13)19)22(30)26-17-8-7-14(25)10-16(17)21-27-23(31)35-28-21/h4-10,15H,11-12H2,1-3H3,(H,26,30)(H,27,28,31)/t15-/m0/s1. The zero-order valence-corrected chi connectivity index (χ0v) is 20.0. The van der Waals surface area contributed by atoms with Crippen molar-refractivity contribution < 1.29 is 23.5 Å². The number of hydrogen-bond acceptors (Lipinski definition) is 7. The Morgan fingerprint density at radius 2 is 2.14 bits per heavy atom. The van der Waals surface area contributed by atoms with Crippen molar-refractivity contribution in [3.05, 3.63) is 63.7 Å². The van der Waals surface area contributed by atoms with Gasteiger partial charge in [-0.15, -0.1) is 0 Å². The van der Waals surface area contributed by atoms with Crippen molar-refractivity contribution in [2.45, 2.75) is 25.7 Å². The van der Waals surface area contributed by atoms with Crippen LogP contribution >= 0.6 is 11.6 Å². The van der Waals surface area contributed by atoms with Crippen LogP contribution in [0.4, 0.5) is 5.69 Å². The van der Waals surface area contributed by atoms with Gasteiger partial charge in [0.2, 0.25) is 0 Å². The fourth-order valence-corrected chi connectivity index (χ4v) is 4.27. The summed E-state index contributed by atoms with van der Waals surface area (Å²) in [5.74, 6) is -0.919. The molecule has 0 unspecified atom stereocenters. The highest BCUT2D eigenvalue weighted by atomic mass is 35.5. The third kappa shape index (κ3) is 4.68. The van der Waals surface area contributed by atoms with Crippen LogP contribution in [0, 0.1) is 0 Å². The van der Waals surface area contributed by atoms with Crippen LogP contribution in [-0.2, 0) is 16.5 Å². The largest absolute Gasteiger partial charge is 0.489 e. The highest BCUT2D eigenvalue weighted by molar-refractivity contribution is 6.31. The Balaban J connectivity index is 1.41. The SMILES string of the molecule is Cn1c(C(=O)Nc2ccc(Cl)cc2-c2noc(=O)[nH]2)cc2cccc(OC[C@H]3COC(C)(C)O3)c21. The van der Waals surface area contributed by atoms with Crippen molar-refractivity contribution in [1.82, 2.24) is 14.7 Å². The smallest absolute Gasteiger partial charge is 0.439 e. The van der Waals surface area contributed by atoms with Gasteiger partial charge in [-0.1, -0.05) is 28.9 Å². The first-order valence-electron chi connectivity index (χ1n) is 10.9. The second kappa shape index (κ2) is 8.88. The van der Waals surface area contributed by atoms with Gasteiger partial charge < -0.3 is 24.1 Å². The average molecular weight is 499 g/mol. The van der Waals surface area contributed by atoms with E-state index in [2.05, 4.69) is 20.0 Å². The van der Waals surface area contributed by atoms with Crippen LogP contribution in [0.5, 0.6) is 5.75 Å². The Kier molecular flexibility index (Phi) is 5.87. The minimum atomic E-state index is -0.711. The molecule has 182 valence electrons. The summed E-state index contributed by atoms with van der Waals surface area (Å²) in [5, 5.41) is 7.82. The van der Waals surface area contributed by atoms with Gasteiger partial charge in [-0.2, -0.15) is 0 Å². The summed E-state index contributed by atoms with van der Waals surface area (Å²) in [7, 11) is 1.79. The number of halogens is 1. The molecular weight excluding hydrogens is 476 g/mol. The maximum Gasteiger partial charge on any atom is 0.439 e. The lowest BCUT2D eigenvalue weighted by molar-refractivity contribution is -0.141. The lowest BCUT2D eigenvalue weighted by Gasteiger charge is -2.17. The number of amides is 1. The van der Waals surface area contributed by atoms with E-state index in [4.69, 9.17) is 25.8 Å². The number of para-hydroxylation sites is 1. The number of nitrogens with zero attached hydrogens (tertiary/aromatic N) is 2. The Hall–Kier alpha value is -3.60. The summed E-state index contributed by atoms with van der Waals surface area (Å²) in [5.41, 5.74) is 2.01. The summed E-state index contributed by atoms with van der Waals surface area (Å²) in [6, 6.07) is 12.2. The zero-order valence-electron chi connectivity index (χ0n) is 19.3. The molecule has 0 aliphatic carbocycles. The number of carbonyl (C=O) groups excluding carboxylic acids is 1. The Morgan fingerprint density at radius 1 is 1.31 bits per heavy atom. The van der Waals surface area contributed by atoms with Gasteiger partial charge in [0.25, 0.3) is 5.91 Å². The number of aromatic nitrogens is 3. The minimum absolute atomic E-state index is 0.154. The van der Waals surface area contributed by atoms with Crippen LogP contribution in [0.2, 0.25) is 5.02 Å². The van der Waals surface area contributed by atoms with Crippen LogP contribution in [0.15, 0.2) is 51.8 Å². The summed E-state index contributed by atoms with van der Waals surface area (Å²) >= 11 is 6.12. The molecule has 0 bridgehead atoms. The first-order valence-corrected chi connectivity index (χ1v) is 11.3. The number of nitrogens with one attached hydrogen (secondary N) is 2. The summed E-state index contributed by atoms with van der Waals surface area (Å²) < 4.78 is 23.8. The van der Waals surface area contributed by atoms with Crippen LogP contribution in [0.3, 0.4) is 0 Å². The molecule has 1 atom stereocenters. The van der Waals surface area contributed by atoms with Crippen LogP contribution in [0.25, 0.3) is 22.3 Å². The predicted molar refractivity (Wildman–Crippen MR) is 129 cm³/mol. The maximum atomic E-state index is 13.3. The topological polar surface area (TPSA) is 121 Å². The van der Waals surface area contributed by atoms with Gasteiger partial charge in [-0.05, 0) is 44.2 Å². The number of carbonyl (C=O) groups is 1. The summed E-state index contributed by atoms with van der Waals surface area (Å²) in [4.78, 5) is 27.2. The van der Waals surface area contributed by atoms with Gasteiger partial charge >= 0.3 is 5.76 Å². The van der Waals surface area contributed by atoms with E-state index in [1.807, 2.05) is 32.0 Å². The minimum Gasteiger partial charge on any atom is -0.489 e. The maximum absolute atomic E-state index is 13.3. The van der Waals surface area contributed by atoms with E-state index in [-0.39, 0.29) is 17.8 Å². The molecule has 1 fully saturated rings. The van der Waals surface area contributed by atoms with Gasteiger partial charge in [0.15, 0.2) is 11.6 Å².